The van der Waals surface area contributed by atoms with Gasteiger partial charge in [0.05, 0.1) is 5.56 Å². The highest BCUT2D eigenvalue weighted by atomic mass is 14.9. The molecule has 2 atom stereocenters. The van der Waals surface area contributed by atoms with Crippen LogP contribution in [0.5, 0.6) is 0 Å². The molecule has 2 aromatic rings. The number of aryl methyl sites for hydroxylation is 2. The van der Waals surface area contributed by atoms with Gasteiger partial charge in [-0.1, -0.05) is 26.0 Å². The first-order chi connectivity index (χ1) is 9.09. The summed E-state index contributed by atoms with van der Waals surface area (Å²) in [5, 5.41) is 0. The molecule has 1 aliphatic carbocycles. The molecule has 1 heteroatoms. The highest BCUT2D eigenvalue weighted by Crippen LogP contribution is 2.46. The zero-order valence-corrected chi connectivity index (χ0v) is 12.3. The fraction of sp³-hybridized carbons (Fsp3) is 0.389. The van der Waals surface area contributed by atoms with Crippen molar-refractivity contribution >= 4 is 0 Å². The topological polar surface area (TPSA) is 3.88 Å². The number of nitrogens with zero attached hydrogens (tertiary/aromatic N) is 1. The summed E-state index contributed by atoms with van der Waals surface area (Å²) in [5.41, 5.74) is 7.31. The standard InChI is InChI=1S/C18H22N/c1-12-8-9-15-13(2)11-14(3)17(15)18(12)16-7-5-6-10-19(16)4/h5-10,13-14H,11H2,1-4H3/q+1. The molecule has 1 aromatic carbocycles. The number of fused-ring (bicyclic) bond motifs is 1. The highest BCUT2D eigenvalue weighted by molar-refractivity contribution is 5.69. The van der Waals surface area contributed by atoms with Crippen LogP contribution in [0.2, 0.25) is 0 Å². The van der Waals surface area contributed by atoms with Gasteiger partial charge in [-0.25, -0.2) is 4.57 Å². The highest BCUT2D eigenvalue weighted by Gasteiger charge is 2.30. The molecule has 0 saturated carbocycles. The molecule has 0 spiro atoms. The van der Waals surface area contributed by atoms with Crippen LogP contribution in [0.3, 0.4) is 0 Å². The second-order valence-electron chi connectivity index (χ2n) is 5.99. The molecule has 1 aromatic heterocycles. The van der Waals surface area contributed by atoms with Crippen LogP contribution < -0.4 is 4.57 Å². The van der Waals surface area contributed by atoms with Gasteiger partial charge in [0.1, 0.15) is 7.05 Å². The van der Waals surface area contributed by atoms with E-state index in [0.717, 1.165) is 0 Å². The smallest absolute Gasteiger partial charge is 0.201 e. The molecule has 0 N–H and O–H groups in total. The van der Waals surface area contributed by atoms with Crippen LogP contribution in [0.1, 0.15) is 48.8 Å². The van der Waals surface area contributed by atoms with Gasteiger partial charge < -0.3 is 0 Å². The summed E-state index contributed by atoms with van der Waals surface area (Å²) in [5.74, 6) is 1.36. The largest absolute Gasteiger partial charge is 0.212 e. The molecule has 0 radical (unpaired) electrons. The maximum absolute atomic E-state index is 2.37. The summed E-state index contributed by atoms with van der Waals surface area (Å²) in [6.45, 7) is 6.96. The SMILES string of the molecule is Cc1ccc2c(c1-c1cccc[n+]1C)C(C)CC2C. The minimum Gasteiger partial charge on any atom is -0.201 e. The number of rotatable bonds is 1. The van der Waals surface area contributed by atoms with Crippen LogP contribution in [0, 0.1) is 6.92 Å². The third-order valence-corrected chi connectivity index (χ3v) is 4.53. The third-order valence-electron chi connectivity index (χ3n) is 4.53. The van der Waals surface area contributed by atoms with Crippen molar-refractivity contribution in [3.05, 3.63) is 53.2 Å². The first-order valence-electron chi connectivity index (χ1n) is 7.18. The van der Waals surface area contributed by atoms with E-state index in [2.05, 4.69) is 68.9 Å². The molecule has 0 amide bonds. The maximum atomic E-state index is 2.37. The van der Waals surface area contributed by atoms with Gasteiger partial charge in [-0.05, 0) is 47.9 Å². The third kappa shape index (κ3) is 1.88. The molecule has 0 bridgehead atoms. The number of aromatic nitrogens is 1. The Morgan fingerprint density at radius 3 is 2.58 bits per heavy atom. The number of hydrogen-bond donors (Lipinski definition) is 0. The molecule has 0 aliphatic heterocycles. The van der Waals surface area contributed by atoms with Crippen molar-refractivity contribution in [1.29, 1.82) is 0 Å². The number of benzene rings is 1. The van der Waals surface area contributed by atoms with E-state index in [-0.39, 0.29) is 0 Å². The lowest BCUT2D eigenvalue weighted by atomic mass is 9.91. The Hall–Kier alpha value is -1.63. The Labute approximate surface area is 115 Å². The van der Waals surface area contributed by atoms with Gasteiger partial charge in [0.25, 0.3) is 0 Å². The fourth-order valence-electron chi connectivity index (χ4n) is 3.60. The Balaban J connectivity index is 2.31. The van der Waals surface area contributed by atoms with E-state index >= 15 is 0 Å². The van der Waals surface area contributed by atoms with E-state index in [1.54, 1.807) is 11.1 Å². The second kappa shape index (κ2) is 4.48. The van der Waals surface area contributed by atoms with Gasteiger partial charge in [0, 0.05) is 12.1 Å². The number of hydrogen-bond acceptors (Lipinski definition) is 0. The summed E-state index contributed by atoms with van der Waals surface area (Å²) in [6, 6.07) is 11.1. The Morgan fingerprint density at radius 1 is 1.05 bits per heavy atom. The Kier molecular flexibility index (Phi) is 2.93. The fourth-order valence-corrected chi connectivity index (χ4v) is 3.60. The molecule has 1 nitrogen and oxygen atoms in total. The lowest BCUT2D eigenvalue weighted by molar-refractivity contribution is -0.660. The normalized spacial score (nSPS) is 21.5. The van der Waals surface area contributed by atoms with Crippen molar-refractivity contribution in [1.82, 2.24) is 0 Å². The zero-order valence-electron chi connectivity index (χ0n) is 12.3. The second-order valence-corrected chi connectivity index (χ2v) is 5.99. The maximum Gasteiger partial charge on any atom is 0.212 e. The molecule has 19 heavy (non-hydrogen) atoms. The summed E-state index contributed by atoms with van der Waals surface area (Å²) in [7, 11) is 2.14. The summed E-state index contributed by atoms with van der Waals surface area (Å²) in [6.07, 6.45) is 3.42. The van der Waals surface area contributed by atoms with Crippen LogP contribution in [-0.4, -0.2) is 0 Å². The van der Waals surface area contributed by atoms with Crippen molar-refractivity contribution < 1.29 is 4.57 Å². The molecular weight excluding hydrogens is 230 g/mol. The Bertz CT molecular complexity index is 628. The van der Waals surface area contributed by atoms with Gasteiger partial charge in [-0.3, -0.25) is 0 Å². The molecule has 1 aliphatic rings. The van der Waals surface area contributed by atoms with Crippen LogP contribution in [0.4, 0.5) is 0 Å². The van der Waals surface area contributed by atoms with Crippen molar-refractivity contribution in [2.45, 2.75) is 39.0 Å². The molecule has 1 heterocycles. The van der Waals surface area contributed by atoms with Crippen LogP contribution in [0.25, 0.3) is 11.3 Å². The molecule has 98 valence electrons. The van der Waals surface area contributed by atoms with Crippen molar-refractivity contribution in [2.24, 2.45) is 7.05 Å². The van der Waals surface area contributed by atoms with Crippen molar-refractivity contribution in [3.63, 3.8) is 0 Å². The quantitative estimate of drug-likeness (QED) is 0.673. The first-order valence-corrected chi connectivity index (χ1v) is 7.18. The van der Waals surface area contributed by atoms with Gasteiger partial charge in [-0.15, -0.1) is 0 Å². The molecule has 0 fully saturated rings. The summed E-state index contributed by atoms with van der Waals surface area (Å²) in [4.78, 5) is 0. The van der Waals surface area contributed by atoms with Crippen LogP contribution in [-0.2, 0) is 7.05 Å². The zero-order chi connectivity index (χ0) is 13.6. The first kappa shape index (κ1) is 12.4. The van der Waals surface area contributed by atoms with Crippen LogP contribution in [0.15, 0.2) is 36.5 Å². The molecule has 3 rings (SSSR count). The predicted octanol–water partition coefficient (Wildman–Crippen LogP) is 4.10. The van der Waals surface area contributed by atoms with Gasteiger partial charge in [-0.2, -0.15) is 0 Å². The average molecular weight is 252 g/mol. The summed E-state index contributed by atoms with van der Waals surface area (Å²) < 4.78 is 2.23. The van der Waals surface area contributed by atoms with E-state index in [9.17, 15) is 0 Å². The lowest BCUT2D eigenvalue weighted by Gasteiger charge is -2.14. The minimum atomic E-state index is 0.667. The van der Waals surface area contributed by atoms with E-state index in [1.165, 1.54) is 23.2 Å². The van der Waals surface area contributed by atoms with Crippen LogP contribution >= 0.6 is 0 Å². The van der Waals surface area contributed by atoms with E-state index in [0.29, 0.717) is 11.8 Å². The van der Waals surface area contributed by atoms with Gasteiger partial charge in [0.2, 0.25) is 5.69 Å². The summed E-state index contributed by atoms with van der Waals surface area (Å²) >= 11 is 0. The lowest BCUT2D eigenvalue weighted by Crippen LogP contribution is -2.30. The minimum absolute atomic E-state index is 0.667. The van der Waals surface area contributed by atoms with E-state index in [4.69, 9.17) is 0 Å². The average Bonchev–Trinajstić information content (AvgIpc) is 2.66. The van der Waals surface area contributed by atoms with Crippen molar-refractivity contribution in [2.75, 3.05) is 0 Å². The molecule has 2 unspecified atom stereocenters. The van der Waals surface area contributed by atoms with Gasteiger partial charge in [0.15, 0.2) is 6.20 Å². The van der Waals surface area contributed by atoms with Crippen molar-refractivity contribution in [3.8, 4) is 11.3 Å². The predicted molar refractivity (Wildman–Crippen MR) is 79.2 cm³/mol. The van der Waals surface area contributed by atoms with E-state index < -0.39 is 0 Å². The monoisotopic (exact) mass is 252 g/mol. The molecule has 0 saturated heterocycles. The van der Waals surface area contributed by atoms with Gasteiger partial charge >= 0.3 is 0 Å². The van der Waals surface area contributed by atoms with E-state index in [1.807, 2.05) is 0 Å². The Morgan fingerprint density at radius 2 is 1.84 bits per heavy atom. The number of pyridine rings is 1. The molecular formula is C18H22N+.